The highest BCUT2D eigenvalue weighted by atomic mass is 16.4. The van der Waals surface area contributed by atoms with Gasteiger partial charge in [-0.1, -0.05) is 0 Å². The minimum atomic E-state index is -1.43. The summed E-state index contributed by atoms with van der Waals surface area (Å²) >= 11 is 0. The number of aromatic nitrogens is 2. The molecule has 0 aliphatic rings. The van der Waals surface area contributed by atoms with Gasteiger partial charge in [0.15, 0.2) is 0 Å². The Hall–Kier alpha value is -2.64. The molecule has 0 radical (unpaired) electrons. The van der Waals surface area contributed by atoms with E-state index in [9.17, 15) is 19.5 Å². The van der Waals surface area contributed by atoms with Crippen molar-refractivity contribution in [3.63, 3.8) is 0 Å². The lowest BCUT2D eigenvalue weighted by atomic mass is 10.0. The van der Waals surface area contributed by atoms with E-state index in [-0.39, 0.29) is 22.4 Å². The number of carboxylic acid groups (broad SMARTS) is 1. The van der Waals surface area contributed by atoms with E-state index in [1.165, 1.54) is 34.1 Å². The topological polar surface area (TPSA) is 117 Å². The van der Waals surface area contributed by atoms with E-state index in [1.54, 1.807) is 0 Å². The molecule has 21 heavy (non-hydrogen) atoms. The standard InChI is InChI=1S/C13H15N3O5/c1-6-7(8-9(17)14-5-15-10(8)21-6)11(18)16(4)13(2,3)12(19)20/h5H,1-4H3,(H,19,20)(H,14,15,17). The first-order valence-electron chi connectivity index (χ1n) is 6.16. The van der Waals surface area contributed by atoms with Crippen molar-refractivity contribution in [2.75, 3.05) is 7.05 Å². The minimum Gasteiger partial charge on any atom is -0.480 e. The monoisotopic (exact) mass is 293 g/mol. The summed E-state index contributed by atoms with van der Waals surface area (Å²) in [4.78, 5) is 43.0. The second-order valence-corrected chi connectivity index (χ2v) is 5.17. The van der Waals surface area contributed by atoms with E-state index < -0.39 is 23.0 Å². The van der Waals surface area contributed by atoms with E-state index in [2.05, 4.69) is 9.97 Å². The molecule has 0 saturated heterocycles. The Morgan fingerprint density at radius 1 is 1.43 bits per heavy atom. The molecule has 0 atom stereocenters. The zero-order chi connectivity index (χ0) is 15.9. The molecule has 0 spiro atoms. The van der Waals surface area contributed by atoms with Crippen LogP contribution in [0.5, 0.6) is 0 Å². The molecule has 2 aromatic rings. The van der Waals surface area contributed by atoms with Gasteiger partial charge in [-0.05, 0) is 20.8 Å². The number of likely N-dealkylation sites (N-methyl/N-ethyl adjacent to an activating group) is 1. The highest BCUT2D eigenvalue weighted by Gasteiger charge is 2.37. The first-order valence-corrected chi connectivity index (χ1v) is 6.16. The Morgan fingerprint density at radius 2 is 2.05 bits per heavy atom. The molecule has 0 unspecified atom stereocenters. The first-order chi connectivity index (χ1) is 9.67. The van der Waals surface area contributed by atoms with Crippen molar-refractivity contribution in [1.29, 1.82) is 0 Å². The van der Waals surface area contributed by atoms with Gasteiger partial charge in [-0.3, -0.25) is 9.59 Å². The van der Waals surface area contributed by atoms with Crippen LogP contribution < -0.4 is 5.56 Å². The molecule has 0 fully saturated rings. The fourth-order valence-electron chi connectivity index (χ4n) is 1.88. The minimum absolute atomic E-state index is 0.0213. The summed E-state index contributed by atoms with van der Waals surface area (Å²) in [7, 11) is 1.36. The molecule has 0 aromatic carbocycles. The van der Waals surface area contributed by atoms with Gasteiger partial charge in [0.05, 0.1) is 11.9 Å². The largest absolute Gasteiger partial charge is 0.480 e. The van der Waals surface area contributed by atoms with Crippen LogP contribution in [-0.4, -0.2) is 44.4 Å². The summed E-state index contributed by atoms with van der Waals surface area (Å²) in [6.45, 7) is 4.32. The van der Waals surface area contributed by atoms with Gasteiger partial charge in [-0.15, -0.1) is 0 Å². The molecular weight excluding hydrogens is 278 g/mol. The molecule has 2 aromatic heterocycles. The smallest absolute Gasteiger partial charge is 0.329 e. The van der Waals surface area contributed by atoms with Gasteiger partial charge in [0, 0.05) is 7.05 Å². The third kappa shape index (κ3) is 2.18. The summed E-state index contributed by atoms with van der Waals surface area (Å²) in [5, 5.41) is 9.22. The van der Waals surface area contributed by atoms with Crippen LogP contribution in [0.1, 0.15) is 30.0 Å². The number of H-pyrrole nitrogens is 1. The van der Waals surface area contributed by atoms with Gasteiger partial charge < -0.3 is 19.4 Å². The molecule has 0 aliphatic carbocycles. The second kappa shape index (κ2) is 4.72. The number of aromatic amines is 1. The lowest BCUT2D eigenvalue weighted by Gasteiger charge is -2.31. The Kier molecular flexibility index (Phi) is 3.32. The number of rotatable bonds is 3. The SMILES string of the molecule is Cc1oc2nc[nH]c(=O)c2c1C(=O)N(C)C(C)(C)C(=O)O. The molecule has 8 heteroatoms. The van der Waals surface area contributed by atoms with Gasteiger partial charge in [0.1, 0.15) is 16.7 Å². The summed E-state index contributed by atoms with van der Waals surface area (Å²) < 4.78 is 5.30. The van der Waals surface area contributed by atoms with Crippen LogP contribution in [0.25, 0.3) is 11.1 Å². The molecule has 2 heterocycles. The van der Waals surface area contributed by atoms with E-state index in [0.717, 1.165) is 4.90 Å². The average Bonchev–Trinajstić information content (AvgIpc) is 2.74. The van der Waals surface area contributed by atoms with Gasteiger partial charge in [-0.2, -0.15) is 0 Å². The van der Waals surface area contributed by atoms with Crippen LogP contribution in [0.4, 0.5) is 0 Å². The van der Waals surface area contributed by atoms with Crippen molar-refractivity contribution in [3.8, 4) is 0 Å². The quantitative estimate of drug-likeness (QED) is 0.862. The predicted octanol–water partition coefficient (Wildman–Crippen LogP) is 0.760. The van der Waals surface area contributed by atoms with Crippen LogP contribution in [-0.2, 0) is 4.79 Å². The number of hydrogen-bond acceptors (Lipinski definition) is 5. The average molecular weight is 293 g/mol. The number of carboxylic acids is 1. The zero-order valence-electron chi connectivity index (χ0n) is 12.1. The molecule has 1 amide bonds. The molecule has 0 saturated carbocycles. The Labute approximate surface area is 119 Å². The summed E-state index contributed by atoms with van der Waals surface area (Å²) in [5.74, 6) is -1.56. The van der Waals surface area contributed by atoms with Crippen molar-refractivity contribution in [3.05, 3.63) is 28.0 Å². The van der Waals surface area contributed by atoms with Crippen molar-refractivity contribution in [2.45, 2.75) is 26.3 Å². The van der Waals surface area contributed by atoms with Gasteiger partial charge in [0.25, 0.3) is 11.5 Å². The highest BCUT2D eigenvalue weighted by Crippen LogP contribution is 2.24. The molecular formula is C13H15N3O5. The van der Waals surface area contributed by atoms with Crippen LogP contribution in [0.2, 0.25) is 0 Å². The maximum atomic E-state index is 12.6. The summed E-state index contributed by atoms with van der Waals surface area (Å²) in [6, 6.07) is 0. The highest BCUT2D eigenvalue weighted by molar-refractivity contribution is 6.07. The van der Waals surface area contributed by atoms with Crippen LogP contribution >= 0.6 is 0 Å². The number of carbonyl (C=O) groups excluding carboxylic acids is 1. The fraction of sp³-hybridized carbons (Fsp3) is 0.385. The number of amides is 1. The van der Waals surface area contributed by atoms with E-state index in [1.807, 2.05) is 0 Å². The normalized spacial score (nSPS) is 11.6. The van der Waals surface area contributed by atoms with Gasteiger partial charge in [0.2, 0.25) is 5.71 Å². The van der Waals surface area contributed by atoms with Gasteiger partial charge in [-0.25, -0.2) is 9.78 Å². The van der Waals surface area contributed by atoms with Crippen molar-refractivity contribution in [1.82, 2.24) is 14.9 Å². The summed E-state index contributed by atoms with van der Waals surface area (Å²) in [5.41, 5.74) is -1.87. The predicted molar refractivity (Wildman–Crippen MR) is 73.2 cm³/mol. The first kappa shape index (κ1) is 14.8. The lowest BCUT2D eigenvalue weighted by molar-refractivity contribution is -0.147. The number of nitrogens with zero attached hydrogens (tertiary/aromatic N) is 2. The lowest BCUT2D eigenvalue weighted by Crippen LogP contribution is -2.51. The van der Waals surface area contributed by atoms with Gasteiger partial charge >= 0.3 is 5.97 Å². The third-order valence-corrected chi connectivity index (χ3v) is 3.55. The number of fused-ring (bicyclic) bond motifs is 1. The number of carbonyl (C=O) groups is 2. The van der Waals surface area contributed by atoms with Crippen LogP contribution in [0.3, 0.4) is 0 Å². The van der Waals surface area contributed by atoms with Crippen LogP contribution in [0.15, 0.2) is 15.5 Å². The van der Waals surface area contributed by atoms with Crippen molar-refractivity contribution >= 4 is 23.0 Å². The van der Waals surface area contributed by atoms with Crippen molar-refractivity contribution in [2.24, 2.45) is 0 Å². The molecule has 0 bridgehead atoms. The van der Waals surface area contributed by atoms with Crippen LogP contribution in [0, 0.1) is 6.92 Å². The number of hydrogen-bond donors (Lipinski definition) is 2. The maximum absolute atomic E-state index is 12.6. The Bertz CT molecular complexity index is 787. The molecule has 0 aliphatic heterocycles. The maximum Gasteiger partial charge on any atom is 0.329 e. The second-order valence-electron chi connectivity index (χ2n) is 5.17. The zero-order valence-corrected chi connectivity index (χ0v) is 12.1. The summed E-state index contributed by atoms with van der Waals surface area (Å²) in [6.07, 6.45) is 1.17. The fourth-order valence-corrected chi connectivity index (χ4v) is 1.88. The molecule has 8 nitrogen and oxygen atoms in total. The molecule has 2 rings (SSSR count). The number of furan rings is 1. The number of aryl methyl sites for hydroxylation is 1. The molecule has 112 valence electrons. The Balaban J connectivity index is 2.62. The third-order valence-electron chi connectivity index (χ3n) is 3.55. The molecule has 2 N–H and O–H groups in total. The number of nitrogens with one attached hydrogen (secondary N) is 1. The number of aliphatic carboxylic acids is 1. The van der Waals surface area contributed by atoms with E-state index in [0.29, 0.717) is 0 Å². The van der Waals surface area contributed by atoms with E-state index >= 15 is 0 Å². The Morgan fingerprint density at radius 3 is 2.62 bits per heavy atom. The van der Waals surface area contributed by atoms with E-state index in [4.69, 9.17) is 4.42 Å². The van der Waals surface area contributed by atoms with Crippen molar-refractivity contribution < 1.29 is 19.1 Å².